The van der Waals surface area contributed by atoms with E-state index in [0.717, 1.165) is 30.6 Å². The lowest BCUT2D eigenvalue weighted by Gasteiger charge is -2.25. The zero-order valence-electron chi connectivity index (χ0n) is 13.0. The molecule has 1 aromatic carbocycles. The number of amides is 2. The zero-order chi connectivity index (χ0) is 15.1. The van der Waals surface area contributed by atoms with E-state index in [1.54, 1.807) is 7.11 Å². The first-order chi connectivity index (χ1) is 10.2. The maximum atomic E-state index is 12.1. The summed E-state index contributed by atoms with van der Waals surface area (Å²) in [5.41, 5.74) is 1.11. The molecule has 1 aliphatic rings. The van der Waals surface area contributed by atoms with E-state index in [0.29, 0.717) is 6.04 Å². The molecule has 0 radical (unpaired) electrons. The molecule has 1 aromatic rings. The van der Waals surface area contributed by atoms with Gasteiger partial charge in [-0.25, -0.2) is 4.79 Å². The molecule has 1 fully saturated rings. The fourth-order valence-electron chi connectivity index (χ4n) is 2.89. The second-order valence-electron chi connectivity index (χ2n) is 5.69. The summed E-state index contributed by atoms with van der Waals surface area (Å²) in [5, 5.41) is 6.18. The number of hydrogen-bond donors (Lipinski definition) is 2. The summed E-state index contributed by atoms with van der Waals surface area (Å²) in [6.07, 6.45) is 6.81. The first-order valence-electron chi connectivity index (χ1n) is 7.94. The predicted octanol–water partition coefficient (Wildman–Crippen LogP) is 3.78. The lowest BCUT2D eigenvalue weighted by atomic mass is 9.96. The highest BCUT2D eigenvalue weighted by molar-refractivity contribution is 5.74. The topological polar surface area (TPSA) is 50.4 Å². The van der Waals surface area contributed by atoms with Gasteiger partial charge in [0.1, 0.15) is 5.75 Å². The third-order valence-corrected chi connectivity index (χ3v) is 4.17. The number of methoxy groups -OCH3 is 1. The van der Waals surface area contributed by atoms with Gasteiger partial charge in [-0.2, -0.15) is 0 Å². The first-order valence-corrected chi connectivity index (χ1v) is 7.94. The summed E-state index contributed by atoms with van der Waals surface area (Å²) in [5.74, 6) is 0.834. The molecule has 0 spiro atoms. The third kappa shape index (κ3) is 4.66. The largest absolute Gasteiger partial charge is 0.497 e. The van der Waals surface area contributed by atoms with Gasteiger partial charge in [-0.1, -0.05) is 38.3 Å². The summed E-state index contributed by atoms with van der Waals surface area (Å²) in [6.45, 7) is 2.08. The Morgan fingerprint density at radius 2 is 1.90 bits per heavy atom. The fourth-order valence-corrected chi connectivity index (χ4v) is 2.89. The fraction of sp³-hybridized carbons (Fsp3) is 0.588. The number of benzene rings is 1. The zero-order valence-corrected chi connectivity index (χ0v) is 13.0. The molecule has 21 heavy (non-hydrogen) atoms. The van der Waals surface area contributed by atoms with Crippen molar-refractivity contribution >= 4 is 6.03 Å². The number of ether oxygens (including phenoxy) is 1. The van der Waals surface area contributed by atoms with Crippen molar-refractivity contribution in [2.75, 3.05) is 7.11 Å². The molecule has 4 nitrogen and oxygen atoms in total. The van der Waals surface area contributed by atoms with Gasteiger partial charge in [0.15, 0.2) is 0 Å². The maximum absolute atomic E-state index is 12.1. The summed E-state index contributed by atoms with van der Waals surface area (Å²) >= 11 is 0. The minimum absolute atomic E-state index is 0.0412. The molecule has 116 valence electrons. The van der Waals surface area contributed by atoms with E-state index in [9.17, 15) is 4.79 Å². The Bertz CT molecular complexity index is 439. The Kier molecular flexibility index (Phi) is 5.90. The Labute approximate surface area is 127 Å². The van der Waals surface area contributed by atoms with Gasteiger partial charge < -0.3 is 15.4 Å². The van der Waals surface area contributed by atoms with Crippen molar-refractivity contribution < 1.29 is 9.53 Å². The molecule has 1 aliphatic carbocycles. The monoisotopic (exact) mass is 290 g/mol. The van der Waals surface area contributed by atoms with Gasteiger partial charge in [-0.05, 0) is 37.0 Å². The van der Waals surface area contributed by atoms with E-state index >= 15 is 0 Å². The van der Waals surface area contributed by atoms with Crippen LogP contribution >= 0.6 is 0 Å². The van der Waals surface area contributed by atoms with Gasteiger partial charge >= 0.3 is 6.03 Å². The van der Waals surface area contributed by atoms with Crippen LogP contribution in [0.4, 0.5) is 4.79 Å². The average molecular weight is 290 g/mol. The van der Waals surface area contributed by atoms with Crippen LogP contribution in [-0.2, 0) is 0 Å². The van der Waals surface area contributed by atoms with Crippen molar-refractivity contribution in [2.45, 2.75) is 57.5 Å². The van der Waals surface area contributed by atoms with Crippen LogP contribution < -0.4 is 15.4 Å². The minimum atomic E-state index is -0.0513. The summed E-state index contributed by atoms with van der Waals surface area (Å²) < 4.78 is 5.16. The quantitative estimate of drug-likeness (QED) is 0.867. The molecular formula is C17H26N2O2. The predicted molar refractivity (Wildman–Crippen MR) is 84.6 cm³/mol. The molecule has 0 unspecified atom stereocenters. The second kappa shape index (κ2) is 7.91. The van der Waals surface area contributed by atoms with Crippen molar-refractivity contribution in [1.82, 2.24) is 10.6 Å². The van der Waals surface area contributed by atoms with Gasteiger partial charge in [0, 0.05) is 6.04 Å². The number of hydrogen-bond acceptors (Lipinski definition) is 2. The number of carbonyl (C=O) groups is 1. The van der Waals surface area contributed by atoms with Crippen LogP contribution in [0, 0.1) is 0 Å². The van der Waals surface area contributed by atoms with Crippen LogP contribution in [0.3, 0.4) is 0 Å². The van der Waals surface area contributed by atoms with Gasteiger partial charge in [0.2, 0.25) is 0 Å². The van der Waals surface area contributed by atoms with Gasteiger partial charge in [0.25, 0.3) is 0 Å². The van der Waals surface area contributed by atoms with Crippen molar-refractivity contribution in [2.24, 2.45) is 0 Å². The Hall–Kier alpha value is -1.71. The van der Waals surface area contributed by atoms with Crippen LogP contribution in [0.25, 0.3) is 0 Å². The van der Waals surface area contributed by atoms with Gasteiger partial charge in [0.05, 0.1) is 13.2 Å². The molecule has 0 aliphatic heterocycles. The first kappa shape index (κ1) is 15.7. The molecule has 1 atom stereocenters. The van der Waals surface area contributed by atoms with Crippen molar-refractivity contribution in [1.29, 1.82) is 0 Å². The lowest BCUT2D eigenvalue weighted by Crippen LogP contribution is -2.44. The highest BCUT2D eigenvalue weighted by atomic mass is 16.5. The second-order valence-corrected chi connectivity index (χ2v) is 5.69. The van der Waals surface area contributed by atoms with Gasteiger partial charge in [-0.3, -0.25) is 0 Å². The van der Waals surface area contributed by atoms with Crippen LogP contribution in [0.5, 0.6) is 5.75 Å². The average Bonchev–Trinajstić information content (AvgIpc) is 2.53. The van der Waals surface area contributed by atoms with E-state index < -0.39 is 0 Å². The molecule has 0 bridgehead atoms. The van der Waals surface area contributed by atoms with Crippen LogP contribution in [-0.4, -0.2) is 19.2 Å². The van der Waals surface area contributed by atoms with Crippen molar-refractivity contribution in [3.63, 3.8) is 0 Å². The highest BCUT2D eigenvalue weighted by Crippen LogP contribution is 2.21. The van der Waals surface area contributed by atoms with Crippen LogP contribution in [0.1, 0.15) is 57.1 Å². The van der Waals surface area contributed by atoms with Crippen molar-refractivity contribution in [3.05, 3.63) is 29.8 Å². The summed E-state index contributed by atoms with van der Waals surface area (Å²) in [6, 6.07) is 8.20. The summed E-state index contributed by atoms with van der Waals surface area (Å²) in [7, 11) is 1.65. The van der Waals surface area contributed by atoms with Crippen LogP contribution in [0.2, 0.25) is 0 Å². The Morgan fingerprint density at radius 3 is 2.48 bits per heavy atom. The number of urea groups is 1. The Balaban J connectivity index is 1.89. The normalized spacial score (nSPS) is 17.0. The van der Waals surface area contributed by atoms with Gasteiger partial charge in [-0.15, -0.1) is 0 Å². The summed E-state index contributed by atoms with van der Waals surface area (Å²) in [4.78, 5) is 12.1. The third-order valence-electron chi connectivity index (χ3n) is 4.17. The molecule has 2 rings (SSSR count). The molecule has 0 saturated heterocycles. The standard InChI is InChI=1S/C17H26N2O2/c1-3-16(13-9-11-15(21-2)12-10-13)19-17(20)18-14-7-5-4-6-8-14/h9-12,14,16H,3-8H2,1-2H3,(H2,18,19,20)/t16-/m1/s1. The lowest BCUT2D eigenvalue weighted by molar-refractivity contribution is 0.228. The van der Waals surface area contributed by atoms with E-state index in [1.165, 1.54) is 19.3 Å². The number of carbonyl (C=O) groups excluding carboxylic acids is 1. The Morgan fingerprint density at radius 1 is 1.24 bits per heavy atom. The van der Waals surface area contributed by atoms with E-state index in [-0.39, 0.29) is 12.1 Å². The van der Waals surface area contributed by atoms with E-state index in [1.807, 2.05) is 24.3 Å². The number of rotatable bonds is 5. The molecule has 1 saturated carbocycles. The molecule has 0 heterocycles. The maximum Gasteiger partial charge on any atom is 0.315 e. The molecule has 0 aromatic heterocycles. The van der Waals surface area contributed by atoms with Crippen molar-refractivity contribution in [3.8, 4) is 5.75 Å². The minimum Gasteiger partial charge on any atom is -0.497 e. The van der Waals surface area contributed by atoms with E-state index in [4.69, 9.17) is 4.74 Å². The molecule has 2 amide bonds. The molecule has 4 heteroatoms. The van der Waals surface area contributed by atoms with E-state index in [2.05, 4.69) is 17.6 Å². The molecular weight excluding hydrogens is 264 g/mol. The van der Waals surface area contributed by atoms with Crippen LogP contribution in [0.15, 0.2) is 24.3 Å². The highest BCUT2D eigenvalue weighted by Gasteiger charge is 2.18. The smallest absolute Gasteiger partial charge is 0.315 e. The molecule has 2 N–H and O–H groups in total. The number of nitrogens with one attached hydrogen (secondary N) is 2. The SMILES string of the molecule is CC[C@@H](NC(=O)NC1CCCCC1)c1ccc(OC)cc1.